The van der Waals surface area contributed by atoms with Crippen LogP contribution in [0.5, 0.6) is 0 Å². The summed E-state index contributed by atoms with van der Waals surface area (Å²) in [5.74, 6) is 1.48. The number of fused-ring (bicyclic) bond motifs is 1. The molecule has 0 atom stereocenters. The zero-order chi connectivity index (χ0) is 14.8. The standard InChI is InChI=1S/C14H13BrN6/c1-17-11-6-12(21-14(16)20-11)19-10-4-2-3-8-5-9(15)7-18-13(8)10/h2-7H,1H3,(H4,16,17,19,20,21). The predicted octanol–water partition coefficient (Wildman–Crippen LogP) is 3.15. The van der Waals surface area contributed by atoms with E-state index in [0.29, 0.717) is 11.6 Å². The van der Waals surface area contributed by atoms with Crippen LogP contribution in [-0.4, -0.2) is 22.0 Å². The number of nitrogens with two attached hydrogens (primary N) is 1. The van der Waals surface area contributed by atoms with Crippen LogP contribution in [0.3, 0.4) is 0 Å². The molecule has 0 saturated carbocycles. The number of rotatable bonds is 3. The van der Waals surface area contributed by atoms with Crippen molar-refractivity contribution in [1.82, 2.24) is 15.0 Å². The molecule has 3 aromatic rings. The number of halogens is 1. The highest BCUT2D eigenvalue weighted by molar-refractivity contribution is 9.10. The van der Waals surface area contributed by atoms with Crippen molar-refractivity contribution in [1.29, 1.82) is 0 Å². The van der Waals surface area contributed by atoms with Gasteiger partial charge in [0.25, 0.3) is 0 Å². The van der Waals surface area contributed by atoms with E-state index in [-0.39, 0.29) is 5.95 Å². The monoisotopic (exact) mass is 344 g/mol. The van der Waals surface area contributed by atoms with E-state index in [0.717, 1.165) is 21.1 Å². The maximum atomic E-state index is 5.70. The molecule has 0 aliphatic carbocycles. The molecule has 106 valence electrons. The van der Waals surface area contributed by atoms with Crippen molar-refractivity contribution >= 4 is 50.1 Å². The molecule has 3 rings (SSSR count). The second-order valence-corrected chi connectivity index (χ2v) is 5.32. The van der Waals surface area contributed by atoms with Crippen molar-refractivity contribution in [2.45, 2.75) is 0 Å². The first-order chi connectivity index (χ1) is 10.2. The average molecular weight is 345 g/mol. The lowest BCUT2D eigenvalue weighted by Gasteiger charge is -2.10. The summed E-state index contributed by atoms with van der Waals surface area (Å²) in [5, 5.41) is 7.21. The van der Waals surface area contributed by atoms with Crippen molar-refractivity contribution in [2.24, 2.45) is 0 Å². The van der Waals surface area contributed by atoms with Gasteiger partial charge in [-0.15, -0.1) is 0 Å². The third-order valence-electron chi connectivity index (χ3n) is 2.94. The van der Waals surface area contributed by atoms with Crippen molar-refractivity contribution in [3.63, 3.8) is 0 Å². The van der Waals surface area contributed by atoms with Gasteiger partial charge >= 0.3 is 0 Å². The summed E-state index contributed by atoms with van der Waals surface area (Å²) in [6, 6.07) is 9.71. The summed E-state index contributed by atoms with van der Waals surface area (Å²) in [4.78, 5) is 12.7. The first-order valence-electron chi connectivity index (χ1n) is 6.29. The molecule has 6 nitrogen and oxygen atoms in total. The summed E-state index contributed by atoms with van der Waals surface area (Å²) in [5.41, 5.74) is 7.42. The van der Waals surface area contributed by atoms with Crippen LogP contribution >= 0.6 is 15.9 Å². The maximum absolute atomic E-state index is 5.70. The molecule has 0 bridgehead atoms. The minimum Gasteiger partial charge on any atom is -0.373 e. The molecule has 0 aliphatic heterocycles. The lowest BCUT2D eigenvalue weighted by molar-refractivity contribution is 1.17. The number of nitrogens with one attached hydrogen (secondary N) is 2. The highest BCUT2D eigenvalue weighted by Gasteiger charge is 2.06. The molecule has 2 heterocycles. The number of hydrogen-bond acceptors (Lipinski definition) is 6. The molecule has 0 amide bonds. The minimum atomic E-state index is 0.209. The van der Waals surface area contributed by atoms with E-state index in [1.807, 2.05) is 24.3 Å². The third kappa shape index (κ3) is 2.87. The van der Waals surface area contributed by atoms with Crippen LogP contribution in [0.25, 0.3) is 10.9 Å². The van der Waals surface area contributed by atoms with Gasteiger partial charge in [0.05, 0.1) is 11.2 Å². The Balaban J connectivity index is 2.04. The summed E-state index contributed by atoms with van der Waals surface area (Å²) in [6.45, 7) is 0. The Morgan fingerprint density at radius 3 is 2.76 bits per heavy atom. The number of aromatic nitrogens is 3. The van der Waals surface area contributed by atoms with E-state index in [1.54, 1.807) is 19.3 Å². The van der Waals surface area contributed by atoms with E-state index in [4.69, 9.17) is 5.73 Å². The van der Waals surface area contributed by atoms with Gasteiger partial charge in [-0.25, -0.2) is 0 Å². The largest absolute Gasteiger partial charge is 0.373 e. The molecule has 4 N–H and O–H groups in total. The van der Waals surface area contributed by atoms with Gasteiger partial charge in [0.2, 0.25) is 5.95 Å². The normalized spacial score (nSPS) is 10.6. The summed E-state index contributed by atoms with van der Waals surface area (Å²) in [7, 11) is 1.78. The van der Waals surface area contributed by atoms with E-state index in [2.05, 4.69) is 41.5 Å². The van der Waals surface area contributed by atoms with Crippen molar-refractivity contribution in [3.8, 4) is 0 Å². The SMILES string of the molecule is CNc1cc(Nc2cccc3cc(Br)cnc23)nc(N)n1. The quantitative estimate of drug-likeness (QED) is 0.676. The van der Waals surface area contributed by atoms with Gasteiger partial charge in [-0.1, -0.05) is 12.1 Å². The zero-order valence-corrected chi connectivity index (χ0v) is 12.8. The number of nitrogen functional groups attached to an aromatic ring is 1. The molecule has 1 aromatic carbocycles. The van der Waals surface area contributed by atoms with Gasteiger partial charge in [0, 0.05) is 29.2 Å². The van der Waals surface area contributed by atoms with Crippen LogP contribution in [0.1, 0.15) is 0 Å². The molecule has 0 aliphatic rings. The minimum absolute atomic E-state index is 0.209. The van der Waals surface area contributed by atoms with Crippen LogP contribution in [-0.2, 0) is 0 Å². The van der Waals surface area contributed by atoms with Crippen LogP contribution in [0.15, 0.2) is 41.0 Å². The number of benzene rings is 1. The Kier molecular flexibility index (Phi) is 3.57. The lowest BCUT2D eigenvalue weighted by Crippen LogP contribution is -2.03. The second kappa shape index (κ2) is 5.53. The molecule has 21 heavy (non-hydrogen) atoms. The Morgan fingerprint density at radius 1 is 1.14 bits per heavy atom. The van der Waals surface area contributed by atoms with Crippen LogP contribution in [0.2, 0.25) is 0 Å². The van der Waals surface area contributed by atoms with Gasteiger partial charge < -0.3 is 16.4 Å². The number of nitrogens with zero attached hydrogens (tertiary/aromatic N) is 3. The van der Waals surface area contributed by atoms with Gasteiger partial charge in [0.1, 0.15) is 11.6 Å². The Hall–Kier alpha value is -2.41. The molecule has 0 radical (unpaired) electrons. The molecule has 7 heteroatoms. The average Bonchev–Trinajstić information content (AvgIpc) is 2.46. The molecular weight excluding hydrogens is 332 g/mol. The fourth-order valence-corrected chi connectivity index (χ4v) is 2.38. The summed E-state index contributed by atoms with van der Waals surface area (Å²) in [6.07, 6.45) is 1.76. The fraction of sp³-hybridized carbons (Fsp3) is 0.0714. The van der Waals surface area contributed by atoms with E-state index in [1.165, 1.54) is 0 Å². The van der Waals surface area contributed by atoms with Crippen molar-refractivity contribution in [2.75, 3.05) is 23.4 Å². The smallest absolute Gasteiger partial charge is 0.223 e. The van der Waals surface area contributed by atoms with E-state index in [9.17, 15) is 0 Å². The van der Waals surface area contributed by atoms with Gasteiger partial charge in [-0.3, -0.25) is 4.98 Å². The van der Waals surface area contributed by atoms with Crippen molar-refractivity contribution in [3.05, 3.63) is 41.0 Å². The molecule has 0 unspecified atom stereocenters. The number of hydrogen-bond donors (Lipinski definition) is 3. The molecule has 0 fully saturated rings. The van der Waals surface area contributed by atoms with E-state index >= 15 is 0 Å². The molecule has 2 aromatic heterocycles. The van der Waals surface area contributed by atoms with Crippen LogP contribution in [0, 0.1) is 0 Å². The fourth-order valence-electron chi connectivity index (χ4n) is 2.03. The van der Waals surface area contributed by atoms with Gasteiger partial charge in [0.15, 0.2) is 0 Å². The van der Waals surface area contributed by atoms with Gasteiger partial charge in [-0.2, -0.15) is 9.97 Å². The summed E-state index contributed by atoms with van der Waals surface area (Å²) < 4.78 is 0.941. The summed E-state index contributed by atoms with van der Waals surface area (Å²) >= 11 is 3.42. The number of pyridine rings is 1. The zero-order valence-electron chi connectivity index (χ0n) is 11.3. The van der Waals surface area contributed by atoms with Gasteiger partial charge in [-0.05, 0) is 28.1 Å². The highest BCUT2D eigenvalue weighted by atomic mass is 79.9. The van der Waals surface area contributed by atoms with Crippen LogP contribution < -0.4 is 16.4 Å². The molecule has 0 spiro atoms. The second-order valence-electron chi connectivity index (χ2n) is 4.40. The van der Waals surface area contributed by atoms with Crippen molar-refractivity contribution < 1.29 is 0 Å². The lowest BCUT2D eigenvalue weighted by atomic mass is 10.2. The maximum Gasteiger partial charge on any atom is 0.223 e. The molecule has 0 saturated heterocycles. The highest BCUT2D eigenvalue weighted by Crippen LogP contribution is 2.26. The topological polar surface area (TPSA) is 88.8 Å². The number of para-hydroxylation sites is 1. The first kappa shape index (κ1) is 13.6. The van der Waals surface area contributed by atoms with E-state index < -0.39 is 0 Å². The number of anilines is 4. The first-order valence-corrected chi connectivity index (χ1v) is 7.08. The predicted molar refractivity (Wildman–Crippen MR) is 88.7 cm³/mol. The Bertz CT molecular complexity index is 805. The Morgan fingerprint density at radius 2 is 1.95 bits per heavy atom. The molecular formula is C14H13BrN6. The third-order valence-corrected chi connectivity index (χ3v) is 3.37. The van der Waals surface area contributed by atoms with Crippen LogP contribution in [0.4, 0.5) is 23.3 Å². The Labute approximate surface area is 130 Å².